The van der Waals surface area contributed by atoms with Gasteiger partial charge in [0.2, 0.25) is 0 Å². The molecule has 82 valence electrons. The Hall–Kier alpha value is -1.45. The number of pyridine rings is 1. The summed E-state index contributed by atoms with van der Waals surface area (Å²) in [6.45, 7) is 0.365. The van der Waals surface area contributed by atoms with Crippen LogP contribution in [0.3, 0.4) is 0 Å². The summed E-state index contributed by atoms with van der Waals surface area (Å²) in [5, 5.41) is 0.410. The Morgan fingerprint density at radius 1 is 1.31 bits per heavy atom. The highest BCUT2D eigenvalue weighted by Crippen LogP contribution is 2.28. The van der Waals surface area contributed by atoms with Crippen molar-refractivity contribution in [1.82, 2.24) is 4.98 Å². The molecule has 0 fully saturated rings. The number of aromatic nitrogens is 1. The van der Waals surface area contributed by atoms with Crippen molar-refractivity contribution in [2.24, 2.45) is 5.73 Å². The van der Waals surface area contributed by atoms with Crippen LogP contribution in [0.15, 0.2) is 36.5 Å². The fraction of sp³-hybridized carbons (Fsp3) is 0.0833. The zero-order chi connectivity index (χ0) is 11.5. The van der Waals surface area contributed by atoms with Crippen molar-refractivity contribution in [3.8, 4) is 11.3 Å². The molecular weight excluding hydrogens is 227 g/mol. The highest BCUT2D eigenvalue weighted by Gasteiger charge is 2.09. The minimum Gasteiger partial charge on any atom is -0.326 e. The van der Waals surface area contributed by atoms with E-state index in [1.165, 1.54) is 6.07 Å². The van der Waals surface area contributed by atoms with E-state index in [9.17, 15) is 4.39 Å². The second kappa shape index (κ2) is 4.60. The predicted molar refractivity (Wildman–Crippen MR) is 62.5 cm³/mol. The minimum atomic E-state index is -0.336. The third-order valence-corrected chi connectivity index (χ3v) is 2.55. The molecule has 1 aromatic heterocycles. The Balaban J connectivity index is 2.53. The fourth-order valence-corrected chi connectivity index (χ4v) is 1.73. The number of hydrogen-bond donors (Lipinski definition) is 1. The number of nitrogens with zero attached hydrogens (tertiary/aromatic N) is 1. The smallest absolute Gasteiger partial charge is 0.132 e. The molecule has 2 aromatic rings. The molecule has 0 saturated heterocycles. The van der Waals surface area contributed by atoms with Gasteiger partial charge in [-0.1, -0.05) is 23.7 Å². The highest BCUT2D eigenvalue weighted by atomic mass is 35.5. The van der Waals surface area contributed by atoms with Gasteiger partial charge in [-0.15, -0.1) is 0 Å². The number of nitrogens with two attached hydrogens (primary N) is 1. The largest absolute Gasteiger partial charge is 0.326 e. The highest BCUT2D eigenvalue weighted by molar-refractivity contribution is 6.33. The quantitative estimate of drug-likeness (QED) is 0.871. The Bertz CT molecular complexity index is 514. The van der Waals surface area contributed by atoms with Crippen molar-refractivity contribution in [3.05, 3.63) is 52.9 Å². The van der Waals surface area contributed by atoms with Crippen LogP contribution in [0.1, 0.15) is 5.56 Å². The first-order valence-electron chi connectivity index (χ1n) is 4.81. The molecule has 4 heteroatoms. The molecule has 0 saturated carbocycles. The summed E-state index contributed by atoms with van der Waals surface area (Å²) in [5.74, 6) is -0.336. The second-order valence-corrected chi connectivity index (χ2v) is 3.77. The topological polar surface area (TPSA) is 38.9 Å². The molecule has 0 amide bonds. The van der Waals surface area contributed by atoms with E-state index < -0.39 is 0 Å². The molecule has 0 atom stereocenters. The normalized spacial score (nSPS) is 10.4. The first-order valence-corrected chi connectivity index (χ1v) is 5.19. The van der Waals surface area contributed by atoms with Gasteiger partial charge >= 0.3 is 0 Å². The summed E-state index contributed by atoms with van der Waals surface area (Å²) in [4.78, 5) is 4.13. The Morgan fingerprint density at radius 2 is 2.06 bits per heavy atom. The van der Waals surface area contributed by atoms with Gasteiger partial charge < -0.3 is 5.73 Å². The zero-order valence-corrected chi connectivity index (χ0v) is 9.21. The Kier molecular flexibility index (Phi) is 3.17. The third-order valence-electron chi connectivity index (χ3n) is 2.26. The molecule has 0 aliphatic rings. The van der Waals surface area contributed by atoms with Crippen LogP contribution in [0.4, 0.5) is 4.39 Å². The number of halogens is 2. The SMILES string of the molecule is NCc1cnc(-c2ccccc2F)c(Cl)c1. The average molecular weight is 237 g/mol. The zero-order valence-electron chi connectivity index (χ0n) is 8.45. The summed E-state index contributed by atoms with van der Waals surface area (Å²) in [6.07, 6.45) is 1.60. The molecule has 2 N–H and O–H groups in total. The van der Waals surface area contributed by atoms with Gasteiger partial charge in [0.1, 0.15) is 5.82 Å². The van der Waals surface area contributed by atoms with E-state index in [2.05, 4.69) is 4.98 Å². The van der Waals surface area contributed by atoms with Gasteiger partial charge in [-0.2, -0.15) is 0 Å². The van der Waals surface area contributed by atoms with E-state index in [1.54, 1.807) is 30.5 Å². The van der Waals surface area contributed by atoms with Gasteiger partial charge in [0.25, 0.3) is 0 Å². The van der Waals surface area contributed by atoms with Gasteiger partial charge in [0.05, 0.1) is 10.7 Å². The van der Waals surface area contributed by atoms with E-state index >= 15 is 0 Å². The van der Waals surface area contributed by atoms with Gasteiger partial charge in [-0.25, -0.2) is 4.39 Å². The van der Waals surface area contributed by atoms with Crippen molar-refractivity contribution in [2.45, 2.75) is 6.54 Å². The van der Waals surface area contributed by atoms with E-state index in [0.717, 1.165) is 5.56 Å². The van der Waals surface area contributed by atoms with Crippen LogP contribution in [0.2, 0.25) is 5.02 Å². The molecule has 1 heterocycles. The standard InChI is InChI=1S/C12H10ClFN2/c13-10-5-8(6-15)7-16-12(10)9-3-1-2-4-11(9)14/h1-5,7H,6,15H2. The van der Waals surface area contributed by atoms with Crippen LogP contribution < -0.4 is 5.73 Å². The van der Waals surface area contributed by atoms with Crippen molar-refractivity contribution >= 4 is 11.6 Å². The molecule has 0 radical (unpaired) electrons. The summed E-state index contributed by atoms with van der Waals surface area (Å²) in [5.41, 5.74) is 7.13. The number of rotatable bonds is 2. The van der Waals surface area contributed by atoms with Gasteiger partial charge in [0, 0.05) is 18.3 Å². The van der Waals surface area contributed by atoms with Gasteiger partial charge in [-0.05, 0) is 23.8 Å². The lowest BCUT2D eigenvalue weighted by Crippen LogP contribution is -1.98. The number of benzene rings is 1. The predicted octanol–water partition coefficient (Wildman–Crippen LogP) is 3.00. The molecule has 0 aliphatic carbocycles. The maximum Gasteiger partial charge on any atom is 0.132 e. The lowest BCUT2D eigenvalue weighted by atomic mass is 10.1. The molecular formula is C12H10ClFN2. The lowest BCUT2D eigenvalue weighted by Gasteiger charge is -2.06. The van der Waals surface area contributed by atoms with Crippen molar-refractivity contribution in [2.75, 3.05) is 0 Å². The maximum absolute atomic E-state index is 13.5. The number of hydrogen-bond acceptors (Lipinski definition) is 2. The molecule has 0 bridgehead atoms. The van der Waals surface area contributed by atoms with E-state index in [1.807, 2.05) is 0 Å². The van der Waals surface area contributed by atoms with Crippen LogP contribution in [-0.2, 0) is 6.54 Å². The van der Waals surface area contributed by atoms with Crippen LogP contribution >= 0.6 is 11.6 Å². The molecule has 0 aliphatic heterocycles. The Morgan fingerprint density at radius 3 is 2.69 bits per heavy atom. The first kappa shape index (κ1) is 11.0. The molecule has 1 aromatic carbocycles. The van der Waals surface area contributed by atoms with Crippen molar-refractivity contribution < 1.29 is 4.39 Å². The fourth-order valence-electron chi connectivity index (χ4n) is 1.44. The minimum absolute atomic E-state index is 0.336. The molecule has 2 rings (SSSR count). The summed E-state index contributed by atoms with van der Waals surface area (Å²) in [7, 11) is 0. The average Bonchev–Trinajstić information content (AvgIpc) is 2.30. The molecule has 16 heavy (non-hydrogen) atoms. The van der Waals surface area contributed by atoms with Crippen molar-refractivity contribution in [3.63, 3.8) is 0 Å². The van der Waals surface area contributed by atoms with Crippen LogP contribution in [0, 0.1) is 5.82 Å². The lowest BCUT2D eigenvalue weighted by molar-refractivity contribution is 0.630. The molecule has 0 unspecified atom stereocenters. The molecule has 2 nitrogen and oxygen atoms in total. The van der Waals surface area contributed by atoms with Gasteiger partial charge in [0.15, 0.2) is 0 Å². The third kappa shape index (κ3) is 2.05. The van der Waals surface area contributed by atoms with E-state index in [0.29, 0.717) is 22.8 Å². The van der Waals surface area contributed by atoms with Crippen LogP contribution in [-0.4, -0.2) is 4.98 Å². The van der Waals surface area contributed by atoms with E-state index in [4.69, 9.17) is 17.3 Å². The summed E-state index contributed by atoms with van der Waals surface area (Å²) < 4.78 is 13.5. The Labute approximate surface area is 97.9 Å². The maximum atomic E-state index is 13.5. The first-order chi connectivity index (χ1) is 7.72. The van der Waals surface area contributed by atoms with Crippen molar-refractivity contribution in [1.29, 1.82) is 0 Å². The summed E-state index contributed by atoms with van der Waals surface area (Å²) in [6, 6.07) is 8.10. The van der Waals surface area contributed by atoms with E-state index in [-0.39, 0.29) is 5.82 Å². The second-order valence-electron chi connectivity index (χ2n) is 3.36. The van der Waals surface area contributed by atoms with Gasteiger partial charge in [-0.3, -0.25) is 4.98 Å². The summed E-state index contributed by atoms with van der Waals surface area (Å²) >= 11 is 6.03. The monoisotopic (exact) mass is 236 g/mol. The molecule has 0 spiro atoms. The van der Waals surface area contributed by atoms with Crippen LogP contribution in [0.25, 0.3) is 11.3 Å². The van der Waals surface area contributed by atoms with Crippen LogP contribution in [0.5, 0.6) is 0 Å².